The van der Waals surface area contributed by atoms with E-state index < -0.39 is 5.82 Å². The molecule has 0 bridgehead atoms. The maximum Gasteiger partial charge on any atom is 0.229 e. The first kappa shape index (κ1) is 16.9. The highest BCUT2D eigenvalue weighted by molar-refractivity contribution is 5.56. The van der Waals surface area contributed by atoms with E-state index >= 15 is 0 Å². The van der Waals surface area contributed by atoms with Crippen LogP contribution in [0.3, 0.4) is 0 Å². The number of oxazole rings is 1. The third kappa shape index (κ3) is 3.60. The molecule has 2 aromatic rings. The van der Waals surface area contributed by atoms with Crippen LogP contribution in [0.2, 0.25) is 0 Å². The minimum atomic E-state index is -0.407. The van der Waals surface area contributed by atoms with Crippen LogP contribution in [0.1, 0.15) is 25.3 Å². The zero-order valence-corrected chi connectivity index (χ0v) is 14.5. The topological polar surface area (TPSA) is 47.7 Å². The lowest BCUT2D eigenvalue weighted by molar-refractivity contribution is -0.0708. The molecule has 0 unspecified atom stereocenters. The Labute approximate surface area is 141 Å². The van der Waals surface area contributed by atoms with E-state index in [0.29, 0.717) is 29.5 Å². The SMILES string of the molecule is COc1ccc(-c2nc(CN3C[C@@H](C)O[C@@H](C)C3)c(C)o2)c(F)c1. The molecule has 130 valence electrons. The van der Waals surface area contributed by atoms with Gasteiger partial charge in [-0.1, -0.05) is 0 Å². The predicted molar refractivity (Wildman–Crippen MR) is 88.5 cm³/mol. The zero-order valence-electron chi connectivity index (χ0n) is 14.5. The summed E-state index contributed by atoms with van der Waals surface area (Å²) >= 11 is 0. The minimum absolute atomic E-state index is 0.194. The number of halogens is 1. The van der Waals surface area contributed by atoms with E-state index in [2.05, 4.69) is 23.7 Å². The fraction of sp³-hybridized carbons (Fsp3) is 0.500. The molecule has 1 aliphatic rings. The fourth-order valence-corrected chi connectivity index (χ4v) is 3.11. The Morgan fingerprint density at radius 1 is 1.29 bits per heavy atom. The molecular weight excluding hydrogens is 311 g/mol. The number of rotatable bonds is 4. The summed E-state index contributed by atoms with van der Waals surface area (Å²) in [6.45, 7) is 8.37. The third-order valence-corrected chi connectivity index (χ3v) is 4.17. The summed E-state index contributed by atoms with van der Waals surface area (Å²) in [5.74, 6) is 1.08. The van der Waals surface area contributed by atoms with Crippen molar-refractivity contribution < 1.29 is 18.3 Å². The second-order valence-corrected chi connectivity index (χ2v) is 6.32. The first-order valence-corrected chi connectivity index (χ1v) is 8.14. The Hall–Kier alpha value is -1.92. The lowest BCUT2D eigenvalue weighted by Gasteiger charge is -2.34. The number of benzene rings is 1. The van der Waals surface area contributed by atoms with Gasteiger partial charge in [-0.3, -0.25) is 4.90 Å². The van der Waals surface area contributed by atoms with Gasteiger partial charge in [0.1, 0.15) is 17.3 Å². The van der Waals surface area contributed by atoms with Crippen LogP contribution in [0.15, 0.2) is 22.6 Å². The first-order chi connectivity index (χ1) is 11.5. The van der Waals surface area contributed by atoms with Gasteiger partial charge in [-0.05, 0) is 32.9 Å². The molecule has 2 heterocycles. The number of ether oxygens (including phenoxy) is 2. The molecule has 1 saturated heterocycles. The number of hydrogen-bond acceptors (Lipinski definition) is 5. The average Bonchev–Trinajstić information content (AvgIpc) is 2.86. The van der Waals surface area contributed by atoms with Gasteiger partial charge in [0, 0.05) is 25.7 Å². The van der Waals surface area contributed by atoms with Crippen LogP contribution in [-0.2, 0) is 11.3 Å². The van der Waals surface area contributed by atoms with Crippen molar-refractivity contribution in [2.75, 3.05) is 20.2 Å². The van der Waals surface area contributed by atoms with Crippen molar-refractivity contribution in [1.29, 1.82) is 0 Å². The number of hydrogen-bond donors (Lipinski definition) is 0. The highest BCUT2D eigenvalue weighted by atomic mass is 19.1. The second kappa shape index (κ2) is 6.91. The van der Waals surface area contributed by atoms with Crippen molar-refractivity contribution >= 4 is 0 Å². The van der Waals surface area contributed by atoms with Crippen molar-refractivity contribution in [3.05, 3.63) is 35.5 Å². The molecule has 1 aromatic carbocycles. The van der Waals surface area contributed by atoms with Crippen molar-refractivity contribution in [2.24, 2.45) is 0 Å². The third-order valence-electron chi connectivity index (χ3n) is 4.17. The van der Waals surface area contributed by atoms with Gasteiger partial charge < -0.3 is 13.9 Å². The van der Waals surface area contributed by atoms with Crippen LogP contribution in [0.25, 0.3) is 11.5 Å². The van der Waals surface area contributed by atoms with E-state index in [1.54, 1.807) is 12.1 Å². The maximum atomic E-state index is 14.2. The summed E-state index contributed by atoms with van der Waals surface area (Å²) in [4.78, 5) is 6.80. The molecule has 3 rings (SSSR count). The number of methoxy groups -OCH3 is 1. The smallest absolute Gasteiger partial charge is 0.229 e. The Morgan fingerprint density at radius 3 is 2.62 bits per heavy atom. The Morgan fingerprint density at radius 2 is 2.00 bits per heavy atom. The quantitative estimate of drug-likeness (QED) is 0.857. The van der Waals surface area contributed by atoms with E-state index in [4.69, 9.17) is 13.9 Å². The van der Waals surface area contributed by atoms with Crippen molar-refractivity contribution in [2.45, 2.75) is 39.5 Å². The Bertz CT molecular complexity index is 706. The standard InChI is InChI=1S/C18H23FN2O3/c1-11-8-21(9-12(2)23-11)10-17-13(3)24-18(20-17)15-6-5-14(22-4)7-16(15)19/h5-7,11-12H,8-10H2,1-4H3/t11-,12+. The molecule has 6 heteroatoms. The van der Waals surface area contributed by atoms with Gasteiger partial charge in [-0.25, -0.2) is 9.37 Å². The van der Waals surface area contributed by atoms with Crippen LogP contribution in [-0.4, -0.2) is 42.3 Å². The van der Waals surface area contributed by atoms with E-state index in [0.717, 1.165) is 18.8 Å². The van der Waals surface area contributed by atoms with Crippen LogP contribution < -0.4 is 4.74 Å². The molecule has 2 atom stereocenters. The molecular formula is C18H23FN2O3. The van der Waals surface area contributed by atoms with Crippen molar-refractivity contribution in [1.82, 2.24) is 9.88 Å². The molecule has 0 aliphatic carbocycles. The van der Waals surface area contributed by atoms with Gasteiger partial charge >= 0.3 is 0 Å². The number of aryl methyl sites for hydroxylation is 1. The molecule has 0 spiro atoms. The molecule has 1 aromatic heterocycles. The van der Waals surface area contributed by atoms with Gasteiger partial charge in [0.15, 0.2) is 0 Å². The summed E-state index contributed by atoms with van der Waals surface area (Å²) in [6, 6.07) is 4.66. The summed E-state index contributed by atoms with van der Waals surface area (Å²) < 4.78 is 30.7. The number of nitrogens with zero attached hydrogens (tertiary/aromatic N) is 2. The van der Waals surface area contributed by atoms with Crippen LogP contribution in [0, 0.1) is 12.7 Å². The molecule has 0 saturated carbocycles. The van der Waals surface area contributed by atoms with Gasteiger partial charge in [0.2, 0.25) is 5.89 Å². The molecule has 0 radical (unpaired) electrons. The minimum Gasteiger partial charge on any atom is -0.497 e. The van der Waals surface area contributed by atoms with Crippen molar-refractivity contribution in [3.63, 3.8) is 0 Å². The zero-order chi connectivity index (χ0) is 17.3. The fourth-order valence-electron chi connectivity index (χ4n) is 3.11. The lowest BCUT2D eigenvalue weighted by atomic mass is 10.2. The summed E-state index contributed by atoms with van der Waals surface area (Å²) in [7, 11) is 1.51. The molecule has 1 fully saturated rings. The molecule has 24 heavy (non-hydrogen) atoms. The monoisotopic (exact) mass is 334 g/mol. The van der Waals surface area contributed by atoms with Gasteiger partial charge in [0.25, 0.3) is 0 Å². The van der Waals surface area contributed by atoms with E-state index in [-0.39, 0.29) is 12.2 Å². The average molecular weight is 334 g/mol. The van der Waals surface area contributed by atoms with Gasteiger partial charge in [0.05, 0.1) is 30.6 Å². The van der Waals surface area contributed by atoms with Gasteiger partial charge in [-0.2, -0.15) is 0 Å². The molecule has 5 nitrogen and oxygen atoms in total. The maximum absolute atomic E-state index is 14.2. The largest absolute Gasteiger partial charge is 0.497 e. The van der Waals surface area contributed by atoms with Crippen molar-refractivity contribution in [3.8, 4) is 17.2 Å². The highest BCUT2D eigenvalue weighted by Crippen LogP contribution is 2.28. The van der Waals surface area contributed by atoms with Gasteiger partial charge in [-0.15, -0.1) is 0 Å². The highest BCUT2D eigenvalue weighted by Gasteiger charge is 2.24. The second-order valence-electron chi connectivity index (χ2n) is 6.32. The predicted octanol–water partition coefficient (Wildman–Crippen LogP) is 3.41. The molecule has 0 amide bonds. The summed E-state index contributed by atoms with van der Waals surface area (Å²) in [5, 5.41) is 0. The lowest BCUT2D eigenvalue weighted by Crippen LogP contribution is -2.44. The number of aromatic nitrogens is 1. The Kier molecular flexibility index (Phi) is 4.87. The van der Waals surface area contributed by atoms with E-state index in [1.165, 1.54) is 13.2 Å². The summed E-state index contributed by atoms with van der Waals surface area (Å²) in [5.41, 5.74) is 1.18. The van der Waals surface area contributed by atoms with Crippen LogP contribution in [0.5, 0.6) is 5.75 Å². The van der Waals surface area contributed by atoms with Crippen LogP contribution in [0.4, 0.5) is 4.39 Å². The van der Waals surface area contributed by atoms with E-state index in [1.807, 2.05) is 6.92 Å². The molecule has 1 aliphatic heterocycles. The molecule has 0 N–H and O–H groups in total. The Balaban J connectivity index is 1.80. The normalized spacial score (nSPS) is 21.9. The summed E-state index contributed by atoms with van der Waals surface area (Å²) in [6.07, 6.45) is 0.388. The first-order valence-electron chi connectivity index (χ1n) is 8.14. The number of morpholine rings is 1. The van der Waals surface area contributed by atoms with Crippen LogP contribution >= 0.6 is 0 Å². The van der Waals surface area contributed by atoms with E-state index in [9.17, 15) is 4.39 Å².